The molecule has 5 rings (SSSR count). The normalized spacial score (nSPS) is 11.8. The fourth-order valence-electron chi connectivity index (χ4n) is 3.75. The molecule has 0 spiro atoms. The number of nitrogens with zero attached hydrogens (tertiary/aromatic N) is 1. The predicted octanol–water partition coefficient (Wildman–Crippen LogP) is 5.99. The van der Waals surface area contributed by atoms with Gasteiger partial charge in [0.05, 0.1) is 5.69 Å². The van der Waals surface area contributed by atoms with Crippen molar-refractivity contribution in [2.24, 2.45) is 0 Å². The third kappa shape index (κ3) is 2.36. The number of hydrogen-bond acceptors (Lipinski definition) is 1. The highest BCUT2D eigenvalue weighted by atomic mass is 14.7. The summed E-state index contributed by atoms with van der Waals surface area (Å²) in [7, 11) is 0. The van der Waals surface area contributed by atoms with Gasteiger partial charge in [-0.2, -0.15) is 0 Å². The van der Waals surface area contributed by atoms with Crippen LogP contribution in [0.2, 0.25) is 0 Å². The van der Waals surface area contributed by atoms with Crippen molar-refractivity contribution in [1.82, 2.24) is 4.98 Å². The summed E-state index contributed by atoms with van der Waals surface area (Å²) in [5.74, 6) is 0. The van der Waals surface area contributed by atoms with Crippen molar-refractivity contribution in [2.45, 2.75) is 6.42 Å². The summed E-state index contributed by atoms with van der Waals surface area (Å²) in [6.45, 7) is 0. The maximum absolute atomic E-state index is 4.77. The number of fused-ring (bicyclic) bond motifs is 3. The summed E-state index contributed by atoms with van der Waals surface area (Å²) in [5, 5.41) is 0. The first kappa shape index (κ1) is 14.2. The quantitative estimate of drug-likeness (QED) is 0.389. The van der Waals surface area contributed by atoms with Crippen molar-refractivity contribution < 1.29 is 0 Å². The minimum absolute atomic E-state index is 0.990. The monoisotopic (exact) mass is 319 g/mol. The average molecular weight is 319 g/mol. The van der Waals surface area contributed by atoms with Gasteiger partial charge in [-0.25, -0.2) is 0 Å². The second-order valence-electron chi connectivity index (χ2n) is 6.46. The predicted molar refractivity (Wildman–Crippen MR) is 103 cm³/mol. The van der Waals surface area contributed by atoms with E-state index in [0.717, 1.165) is 17.7 Å². The lowest BCUT2D eigenvalue weighted by molar-refractivity contribution is 1.24. The Balaban J connectivity index is 1.57. The van der Waals surface area contributed by atoms with Gasteiger partial charge in [0.1, 0.15) is 0 Å². The maximum atomic E-state index is 4.77. The van der Waals surface area contributed by atoms with Gasteiger partial charge in [-0.1, -0.05) is 78.9 Å². The highest BCUT2D eigenvalue weighted by Gasteiger charge is 2.21. The third-order valence-corrected chi connectivity index (χ3v) is 5.00. The van der Waals surface area contributed by atoms with E-state index in [-0.39, 0.29) is 0 Å². The molecule has 0 bridgehead atoms. The van der Waals surface area contributed by atoms with E-state index in [2.05, 4.69) is 78.9 Å². The lowest BCUT2D eigenvalue weighted by atomic mass is 9.98. The molecule has 0 saturated carbocycles. The molecule has 0 radical (unpaired) electrons. The molecular formula is C24H17N. The zero-order valence-corrected chi connectivity index (χ0v) is 13.8. The van der Waals surface area contributed by atoms with Crippen LogP contribution in [0.3, 0.4) is 0 Å². The van der Waals surface area contributed by atoms with E-state index in [0.29, 0.717) is 0 Å². The van der Waals surface area contributed by atoms with Crippen LogP contribution in [-0.4, -0.2) is 4.98 Å². The molecule has 1 aliphatic carbocycles. The van der Waals surface area contributed by atoms with Crippen LogP contribution in [-0.2, 0) is 6.42 Å². The first-order valence-corrected chi connectivity index (χ1v) is 8.62. The largest absolute Gasteiger partial charge is 0.256 e. The molecule has 1 aliphatic rings. The smallest absolute Gasteiger partial charge is 0.0705 e. The van der Waals surface area contributed by atoms with E-state index in [1.54, 1.807) is 0 Å². The van der Waals surface area contributed by atoms with Crippen molar-refractivity contribution in [3.8, 4) is 33.5 Å². The van der Waals surface area contributed by atoms with Crippen LogP contribution in [0.4, 0.5) is 0 Å². The number of pyridine rings is 1. The minimum Gasteiger partial charge on any atom is -0.256 e. The number of benzene rings is 3. The molecule has 0 aliphatic heterocycles. The van der Waals surface area contributed by atoms with E-state index in [1.165, 1.54) is 33.4 Å². The number of aromatic nitrogens is 1. The SMILES string of the molecule is c1ccc(-c2ccc(-c3cccc4c3Cc3ccccc3-4)nc2)cc1. The topological polar surface area (TPSA) is 12.9 Å². The summed E-state index contributed by atoms with van der Waals surface area (Å²) in [5.41, 5.74) is 10.2. The van der Waals surface area contributed by atoms with Gasteiger partial charge in [0.25, 0.3) is 0 Å². The van der Waals surface area contributed by atoms with Gasteiger partial charge >= 0.3 is 0 Å². The van der Waals surface area contributed by atoms with Gasteiger partial charge < -0.3 is 0 Å². The summed E-state index contributed by atoms with van der Waals surface area (Å²) < 4.78 is 0. The van der Waals surface area contributed by atoms with Crippen LogP contribution in [0, 0.1) is 0 Å². The van der Waals surface area contributed by atoms with Gasteiger partial charge in [-0.15, -0.1) is 0 Å². The second kappa shape index (κ2) is 5.71. The molecule has 0 fully saturated rings. The third-order valence-electron chi connectivity index (χ3n) is 5.00. The Labute approximate surface area is 147 Å². The van der Waals surface area contributed by atoms with E-state index < -0.39 is 0 Å². The number of rotatable bonds is 2. The first-order valence-electron chi connectivity index (χ1n) is 8.62. The second-order valence-corrected chi connectivity index (χ2v) is 6.46. The fraction of sp³-hybridized carbons (Fsp3) is 0.0417. The van der Waals surface area contributed by atoms with E-state index in [1.807, 2.05) is 12.3 Å². The standard InChI is InChI=1S/C24H17N/c1-2-7-17(8-3-1)19-13-14-24(25-16-19)22-12-6-11-21-20-10-5-4-9-18(20)15-23(21)22/h1-14,16H,15H2. The Morgan fingerprint density at radius 3 is 2.16 bits per heavy atom. The molecule has 1 heteroatoms. The molecule has 4 aromatic rings. The Bertz CT molecular complexity index is 1050. The molecule has 25 heavy (non-hydrogen) atoms. The lowest BCUT2D eigenvalue weighted by Crippen LogP contribution is -1.91. The molecule has 1 nitrogen and oxygen atoms in total. The van der Waals surface area contributed by atoms with E-state index >= 15 is 0 Å². The van der Waals surface area contributed by atoms with E-state index in [4.69, 9.17) is 4.98 Å². The van der Waals surface area contributed by atoms with Crippen LogP contribution in [0.5, 0.6) is 0 Å². The van der Waals surface area contributed by atoms with Crippen LogP contribution in [0.1, 0.15) is 11.1 Å². The van der Waals surface area contributed by atoms with Crippen molar-refractivity contribution >= 4 is 0 Å². The lowest BCUT2D eigenvalue weighted by Gasteiger charge is -2.09. The van der Waals surface area contributed by atoms with Crippen molar-refractivity contribution in [1.29, 1.82) is 0 Å². The van der Waals surface area contributed by atoms with Crippen molar-refractivity contribution in [3.63, 3.8) is 0 Å². The molecule has 1 heterocycles. The van der Waals surface area contributed by atoms with Crippen LogP contribution in [0.15, 0.2) is 91.1 Å². The van der Waals surface area contributed by atoms with Crippen LogP contribution >= 0.6 is 0 Å². The summed E-state index contributed by atoms with van der Waals surface area (Å²) in [6, 6.07) is 29.9. The molecule has 118 valence electrons. The van der Waals surface area contributed by atoms with E-state index in [9.17, 15) is 0 Å². The molecule has 0 atom stereocenters. The highest BCUT2D eigenvalue weighted by Crippen LogP contribution is 2.41. The average Bonchev–Trinajstić information content (AvgIpc) is 3.08. The van der Waals surface area contributed by atoms with Crippen molar-refractivity contribution in [2.75, 3.05) is 0 Å². The number of hydrogen-bond donors (Lipinski definition) is 0. The Kier molecular flexibility index (Phi) is 3.24. The van der Waals surface area contributed by atoms with Gasteiger partial charge in [0.2, 0.25) is 0 Å². The summed E-state index contributed by atoms with van der Waals surface area (Å²) in [6.07, 6.45) is 2.97. The zero-order chi connectivity index (χ0) is 16.6. The molecule has 0 saturated heterocycles. The molecule has 3 aromatic carbocycles. The summed E-state index contributed by atoms with van der Waals surface area (Å²) >= 11 is 0. The zero-order valence-electron chi connectivity index (χ0n) is 13.8. The molecule has 1 aromatic heterocycles. The Hall–Kier alpha value is -3.19. The van der Waals surface area contributed by atoms with Gasteiger partial charge in [-0.05, 0) is 40.3 Å². The Morgan fingerprint density at radius 2 is 1.32 bits per heavy atom. The van der Waals surface area contributed by atoms with Gasteiger partial charge in [-0.3, -0.25) is 4.98 Å². The van der Waals surface area contributed by atoms with Gasteiger partial charge in [0.15, 0.2) is 0 Å². The molecule has 0 amide bonds. The molecular weight excluding hydrogens is 302 g/mol. The summed E-state index contributed by atoms with van der Waals surface area (Å²) in [4.78, 5) is 4.77. The van der Waals surface area contributed by atoms with Crippen LogP contribution < -0.4 is 0 Å². The molecule has 0 N–H and O–H groups in total. The van der Waals surface area contributed by atoms with Gasteiger partial charge in [0, 0.05) is 17.3 Å². The molecule has 0 unspecified atom stereocenters. The van der Waals surface area contributed by atoms with Crippen molar-refractivity contribution in [3.05, 3.63) is 102 Å². The van der Waals surface area contributed by atoms with Crippen LogP contribution in [0.25, 0.3) is 33.5 Å². The Morgan fingerprint density at radius 1 is 0.560 bits per heavy atom. The minimum atomic E-state index is 0.990. The first-order chi connectivity index (χ1) is 12.4. The fourth-order valence-corrected chi connectivity index (χ4v) is 3.75. The highest BCUT2D eigenvalue weighted by molar-refractivity contribution is 5.84. The maximum Gasteiger partial charge on any atom is 0.0705 e.